The molecule has 6 heteroatoms. The number of benzene rings is 2. The summed E-state index contributed by atoms with van der Waals surface area (Å²) in [5, 5.41) is 8.48. The highest BCUT2D eigenvalue weighted by Crippen LogP contribution is 2.28. The van der Waals surface area contributed by atoms with E-state index in [4.69, 9.17) is 4.42 Å². The van der Waals surface area contributed by atoms with Crippen molar-refractivity contribution in [2.45, 2.75) is 52.0 Å². The molecule has 6 nitrogen and oxygen atoms in total. The number of aromatic nitrogens is 2. The van der Waals surface area contributed by atoms with Crippen LogP contribution in [0.5, 0.6) is 0 Å². The van der Waals surface area contributed by atoms with Gasteiger partial charge in [-0.1, -0.05) is 45.2 Å². The monoisotopic (exact) mass is 460 g/mol. The number of carbonyl (C=O) groups excluding carboxylic acids is 1. The molecule has 0 aliphatic carbocycles. The van der Waals surface area contributed by atoms with E-state index in [1.807, 2.05) is 43.3 Å². The van der Waals surface area contributed by atoms with E-state index in [1.165, 1.54) is 24.9 Å². The van der Waals surface area contributed by atoms with Crippen LogP contribution in [0, 0.1) is 5.92 Å². The minimum atomic E-state index is 0.0460. The molecule has 0 radical (unpaired) electrons. The molecule has 180 valence electrons. The summed E-state index contributed by atoms with van der Waals surface area (Å²) in [7, 11) is 4.29. The lowest BCUT2D eigenvalue weighted by Gasteiger charge is -2.21. The molecule has 0 saturated carbocycles. The van der Waals surface area contributed by atoms with Crippen molar-refractivity contribution in [2.24, 2.45) is 5.92 Å². The average molecular weight is 461 g/mol. The summed E-state index contributed by atoms with van der Waals surface area (Å²) in [4.78, 5) is 17.4. The van der Waals surface area contributed by atoms with Crippen molar-refractivity contribution < 1.29 is 9.21 Å². The first kappa shape index (κ1) is 24.1. The average Bonchev–Trinajstić information content (AvgIpc) is 3.55. The number of hydrogen-bond acceptors (Lipinski definition) is 6. The number of likely N-dealkylation sites (N-methyl/N-ethyl adjacent to an activating group) is 1. The Balaban J connectivity index is 1.40. The molecule has 3 aromatic rings. The molecule has 0 N–H and O–H groups in total. The Bertz CT molecular complexity index is 1070. The van der Waals surface area contributed by atoms with Crippen LogP contribution in [0.3, 0.4) is 0 Å². The van der Waals surface area contributed by atoms with Crippen LogP contribution in [-0.2, 0) is 0 Å². The van der Waals surface area contributed by atoms with E-state index in [0.29, 0.717) is 17.8 Å². The maximum atomic E-state index is 12.7. The van der Waals surface area contributed by atoms with E-state index in [2.05, 4.69) is 53.1 Å². The van der Waals surface area contributed by atoms with Gasteiger partial charge >= 0.3 is 0 Å². The predicted molar refractivity (Wildman–Crippen MR) is 137 cm³/mol. The summed E-state index contributed by atoms with van der Waals surface area (Å²) in [6, 6.07) is 16.4. The second-order valence-corrected chi connectivity index (χ2v) is 9.65. The van der Waals surface area contributed by atoms with Gasteiger partial charge in [-0.25, -0.2) is 0 Å². The van der Waals surface area contributed by atoms with Crippen molar-refractivity contribution in [2.75, 3.05) is 32.1 Å². The van der Waals surface area contributed by atoms with Crippen molar-refractivity contribution in [1.29, 1.82) is 0 Å². The molecule has 4 rings (SSSR count). The van der Waals surface area contributed by atoms with Crippen LogP contribution in [0.4, 0.5) is 5.69 Å². The number of unbranched alkanes of at least 4 members (excludes halogenated alkanes) is 2. The fraction of sp³-hybridized carbons (Fsp3) is 0.464. The first-order valence-electron chi connectivity index (χ1n) is 12.5. The number of rotatable bonds is 10. The van der Waals surface area contributed by atoms with Crippen molar-refractivity contribution in [3.63, 3.8) is 0 Å². The van der Waals surface area contributed by atoms with Crippen LogP contribution in [0.1, 0.15) is 56.3 Å². The Hall–Kier alpha value is -2.99. The maximum absolute atomic E-state index is 12.7. The zero-order valence-corrected chi connectivity index (χ0v) is 20.8. The second-order valence-electron chi connectivity index (χ2n) is 9.65. The fourth-order valence-corrected chi connectivity index (χ4v) is 4.56. The lowest BCUT2D eigenvalue weighted by atomic mass is 9.93. The van der Waals surface area contributed by atoms with Crippen LogP contribution in [-0.4, -0.2) is 54.1 Å². The van der Waals surface area contributed by atoms with Crippen LogP contribution in [0.15, 0.2) is 52.9 Å². The molecule has 1 aliphatic heterocycles. The maximum Gasteiger partial charge on any atom is 0.248 e. The molecule has 2 atom stereocenters. The van der Waals surface area contributed by atoms with Gasteiger partial charge in [-0.3, -0.25) is 4.79 Å². The van der Waals surface area contributed by atoms with Crippen molar-refractivity contribution >= 4 is 11.5 Å². The first-order chi connectivity index (χ1) is 16.5. The molecular formula is C28H36N4O2. The molecule has 34 heavy (non-hydrogen) atoms. The van der Waals surface area contributed by atoms with E-state index >= 15 is 0 Å². The largest absolute Gasteiger partial charge is 0.416 e. The summed E-state index contributed by atoms with van der Waals surface area (Å²) >= 11 is 0. The van der Waals surface area contributed by atoms with Crippen LogP contribution < -0.4 is 4.90 Å². The molecule has 1 fully saturated rings. The third-order valence-electron chi connectivity index (χ3n) is 6.90. The van der Waals surface area contributed by atoms with Gasteiger partial charge < -0.3 is 14.2 Å². The topological polar surface area (TPSA) is 62.5 Å². The van der Waals surface area contributed by atoms with Gasteiger partial charge in [0.2, 0.25) is 11.8 Å². The lowest BCUT2D eigenvalue weighted by Crippen LogP contribution is -2.31. The van der Waals surface area contributed by atoms with E-state index < -0.39 is 0 Å². The molecule has 2 heterocycles. The van der Waals surface area contributed by atoms with E-state index in [1.54, 1.807) is 0 Å². The van der Waals surface area contributed by atoms with Gasteiger partial charge in [-0.05, 0) is 63.3 Å². The zero-order chi connectivity index (χ0) is 24.1. The van der Waals surface area contributed by atoms with Crippen LogP contribution in [0.2, 0.25) is 0 Å². The minimum Gasteiger partial charge on any atom is -0.416 e. The highest BCUT2D eigenvalue weighted by Gasteiger charge is 2.24. The van der Waals surface area contributed by atoms with E-state index in [9.17, 15) is 4.79 Å². The summed E-state index contributed by atoms with van der Waals surface area (Å²) < 4.78 is 5.96. The molecule has 2 unspecified atom stereocenters. The summed E-state index contributed by atoms with van der Waals surface area (Å²) in [5.74, 6) is 1.20. The predicted octanol–water partition coefficient (Wildman–Crippen LogP) is 5.94. The first-order valence-corrected chi connectivity index (χ1v) is 12.5. The third kappa shape index (κ3) is 5.55. The number of Topliss-reactive ketones (excluding diaryl/α,β-unsaturated/α-hetero) is 1. The Kier molecular flexibility index (Phi) is 7.78. The molecule has 1 saturated heterocycles. The normalized spacial score (nSPS) is 16.9. The lowest BCUT2D eigenvalue weighted by molar-refractivity contribution is 0.0922. The van der Waals surface area contributed by atoms with Gasteiger partial charge in [0.05, 0.1) is 0 Å². The molecule has 0 bridgehead atoms. The number of hydrogen-bond donors (Lipinski definition) is 0. The Morgan fingerprint density at radius 1 is 1.03 bits per heavy atom. The number of nitrogens with zero attached hydrogens (tertiary/aromatic N) is 4. The zero-order valence-electron chi connectivity index (χ0n) is 20.8. The Morgan fingerprint density at radius 2 is 1.65 bits per heavy atom. The summed E-state index contributed by atoms with van der Waals surface area (Å²) in [5.41, 5.74) is 3.68. The fourth-order valence-electron chi connectivity index (χ4n) is 4.56. The Labute approximate surface area is 203 Å². The highest BCUT2D eigenvalue weighted by atomic mass is 16.4. The van der Waals surface area contributed by atoms with Gasteiger partial charge in [0.25, 0.3) is 0 Å². The van der Waals surface area contributed by atoms with Crippen LogP contribution >= 0.6 is 0 Å². The van der Waals surface area contributed by atoms with Crippen molar-refractivity contribution in [3.8, 4) is 22.9 Å². The molecule has 0 amide bonds. The number of carbonyl (C=O) groups is 1. The SMILES string of the molecule is CCCCCC(C)C(=O)c1ccc(-c2nnc(-c3ccc(N4CCC(N(C)C)C4)cc3)o2)cc1. The van der Waals surface area contributed by atoms with Crippen LogP contribution in [0.25, 0.3) is 22.9 Å². The molecule has 1 aliphatic rings. The highest BCUT2D eigenvalue weighted by molar-refractivity contribution is 5.97. The third-order valence-corrected chi connectivity index (χ3v) is 6.90. The molecule has 1 aromatic heterocycles. The summed E-state index contributed by atoms with van der Waals surface area (Å²) in [6.45, 7) is 6.32. The van der Waals surface area contributed by atoms with Gasteiger partial charge in [-0.2, -0.15) is 0 Å². The Morgan fingerprint density at radius 3 is 2.21 bits per heavy atom. The second kappa shape index (κ2) is 11.0. The molecular weight excluding hydrogens is 424 g/mol. The van der Waals surface area contributed by atoms with E-state index in [-0.39, 0.29) is 11.7 Å². The quantitative estimate of drug-likeness (QED) is 0.275. The van der Waals surface area contributed by atoms with Gasteiger partial charge in [0.1, 0.15) is 0 Å². The minimum absolute atomic E-state index is 0.0460. The van der Waals surface area contributed by atoms with E-state index in [0.717, 1.165) is 42.6 Å². The van der Waals surface area contributed by atoms with Gasteiger partial charge in [0, 0.05) is 47.4 Å². The molecule has 0 spiro atoms. The van der Waals surface area contributed by atoms with Gasteiger partial charge in [0.15, 0.2) is 5.78 Å². The smallest absolute Gasteiger partial charge is 0.248 e. The molecule has 2 aromatic carbocycles. The standard InChI is InChI=1S/C28H36N4O2/c1-5-6-7-8-20(2)26(33)21-9-11-22(12-10-21)27-29-30-28(34-27)23-13-15-24(16-14-23)32-18-17-25(19-32)31(3)4/h9-16,20,25H,5-8,17-19H2,1-4H3. The summed E-state index contributed by atoms with van der Waals surface area (Å²) in [6.07, 6.45) is 5.57. The number of ketones is 1. The van der Waals surface area contributed by atoms with Crippen molar-refractivity contribution in [1.82, 2.24) is 15.1 Å². The van der Waals surface area contributed by atoms with Gasteiger partial charge in [-0.15, -0.1) is 10.2 Å². The van der Waals surface area contributed by atoms with Crippen molar-refractivity contribution in [3.05, 3.63) is 54.1 Å². The number of anilines is 1.